The lowest BCUT2D eigenvalue weighted by Gasteiger charge is -2.13. The summed E-state index contributed by atoms with van der Waals surface area (Å²) in [4.78, 5) is 13.6. The second-order valence-corrected chi connectivity index (χ2v) is 6.76. The quantitative estimate of drug-likeness (QED) is 0.861. The number of nitrogens with zero attached hydrogens (tertiary/aromatic N) is 5. The zero-order valence-electron chi connectivity index (χ0n) is 11.9. The zero-order chi connectivity index (χ0) is 15.6. The van der Waals surface area contributed by atoms with Crippen LogP contribution in [0.4, 0.5) is 0 Å². The molecule has 114 valence electrons. The molecular weight excluding hydrogens is 320 g/mol. The monoisotopic (exact) mass is 334 g/mol. The van der Waals surface area contributed by atoms with Crippen molar-refractivity contribution in [3.8, 4) is 6.07 Å². The maximum atomic E-state index is 12.2. The normalized spacial score (nSPS) is 16.7. The van der Waals surface area contributed by atoms with Crippen LogP contribution in [0.2, 0.25) is 0 Å². The Morgan fingerprint density at radius 3 is 3.09 bits per heavy atom. The lowest BCUT2D eigenvalue weighted by atomic mass is 10.2. The van der Waals surface area contributed by atoms with Crippen LogP contribution in [0.25, 0.3) is 0 Å². The van der Waals surface area contributed by atoms with Gasteiger partial charge in [0.15, 0.2) is 11.4 Å². The van der Waals surface area contributed by atoms with Crippen LogP contribution in [-0.2, 0) is 5.54 Å². The first kappa shape index (κ1) is 15.0. The van der Waals surface area contributed by atoms with Crippen LogP contribution in [0.1, 0.15) is 35.1 Å². The molecule has 7 nitrogen and oxygen atoms in total. The first-order valence-corrected chi connectivity index (χ1v) is 9.06. The molecule has 3 rings (SSSR count). The zero-order valence-corrected chi connectivity index (χ0v) is 13.5. The molecule has 1 fully saturated rings. The van der Waals surface area contributed by atoms with Gasteiger partial charge in [-0.2, -0.15) is 28.4 Å². The third kappa shape index (κ3) is 2.84. The third-order valence-corrected chi connectivity index (χ3v) is 4.83. The number of nitriles is 1. The van der Waals surface area contributed by atoms with Crippen LogP contribution < -0.4 is 5.32 Å². The van der Waals surface area contributed by atoms with Crippen molar-refractivity contribution in [3.05, 3.63) is 28.2 Å². The van der Waals surface area contributed by atoms with Crippen molar-refractivity contribution in [2.75, 3.05) is 12.0 Å². The average molecular weight is 334 g/mol. The minimum Gasteiger partial charge on any atom is -0.341 e. The van der Waals surface area contributed by atoms with E-state index in [0.29, 0.717) is 17.1 Å². The molecule has 0 unspecified atom stereocenters. The number of thiophene rings is 1. The van der Waals surface area contributed by atoms with Crippen molar-refractivity contribution in [2.24, 2.45) is 0 Å². The molecular formula is C13H14N6OS2. The molecule has 2 aromatic heterocycles. The summed E-state index contributed by atoms with van der Waals surface area (Å²) in [5.41, 5.74) is -0.00817. The highest BCUT2D eigenvalue weighted by Gasteiger charge is 2.48. The Labute approximate surface area is 135 Å². The van der Waals surface area contributed by atoms with E-state index in [-0.39, 0.29) is 11.9 Å². The van der Waals surface area contributed by atoms with E-state index in [2.05, 4.69) is 26.8 Å². The molecule has 1 aliphatic carbocycles. The van der Waals surface area contributed by atoms with Crippen molar-refractivity contribution in [1.82, 2.24) is 25.5 Å². The van der Waals surface area contributed by atoms with Gasteiger partial charge in [0.1, 0.15) is 6.04 Å². The number of carbonyl (C=O) groups is 1. The molecule has 1 atom stereocenters. The largest absolute Gasteiger partial charge is 0.341 e. The van der Waals surface area contributed by atoms with Gasteiger partial charge in [0, 0.05) is 11.1 Å². The Morgan fingerprint density at radius 2 is 2.50 bits per heavy atom. The highest BCUT2D eigenvalue weighted by atomic mass is 32.2. The van der Waals surface area contributed by atoms with Gasteiger partial charge in [-0.25, -0.2) is 0 Å². The van der Waals surface area contributed by atoms with Crippen molar-refractivity contribution < 1.29 is 4.79 Å². The number of thioether (sulfide) groups is 1. The molecule has 1 aliphatic rings. The molecule has 0 saturated heterocycles. The van der Waals surface area contributed by atoms with E-state index in [9.17, 15) is 10.1 Å². The summed E-state index contributed by atoms with van der Waals surface area (Å²) in [6.45, 7) is 0. The maximum absolute atomic E-state index is 12.2. The van der Waals surface area contributed by atoms with E-state index in [1.165, 1.54) is 16.1 Å². The fourth-order valence-electron chi connectivity index (χ4n) is 2.00. The lowest BCUT2D eigenvalue weighted by Crippen LogP contribution is -2.31. The third-order valence-electron chi connectivity index (χ3n) is 3.48. The second-order valence-electron chi connectivity index (χ2n) is 5.07. The van der Waals surface area contributed by atoms with E-state index in [1.807, 2.05) is 11.6 Å². The van der Waals surface area contributed by atoms with E-state index >= 15 is 0 Å². The molecule has 0 radical (unpaired) electrons. The number of tetrazole rings is 1. The van der Waals surface area contributed by atoms with Crippen molar-refractivity contribution >= 4 is 29.0 Å². The fourth-order valence-corrected chi connectivity index (χ4v) is 3.21. The van der Waals surface area contributed by atoms with E-state index in [1.54, 1.807) is 23.2 Å². The predicted octanol–water partition coefficient (Wildman–Crippen LogP) is 1.58. The smallest absolute Gasteiger partial charge is 0.252 e. The van der Waals surface area contributed by atoms with Crippen LogP contribution in [0.15, 0.2) is 16.8 Å². The number of hydrogen-bond donors (Lipinski definition) is 1. The SMILES string of the molecule is CSC[C@H](NC(=O)c1ccsc1)c1nnn(C2(C#N)CC2)n1. The highest BCUT2D eigenvalue weighted by Crippen LogP contribution is 2.41. The number of rotatable bonds is 6. The van der Waals surface area contributed by atoms with Crippen LogP contribution in [0.5, 0.6) is 0 Å². The predicted molar refractivity (Wildman–Crippen MR) is 83.5 cm³/mol. The number of hydrogen-bond acceptors (Lipinski definition) is 7. The van der Waals surface area contributed by atoms with Crippen molar-refractivity contribution in [1.29, 1.82) is 5.26 Å². The Kier molecular flexibility index (Phi) is 4.13. The van der Waals surface area contributed by atoms with Gasteiger partial charge < -0.3 is 5.32 Å². The molecule has 22 heavy (non-hydrogen) atoms. The van der Waals surface area contributed by atoms with Gasteiger partial charge in [-0.05, 0) is 35.8 Å². The topological polar surface area (TPSA) is 96.5 Å². The Bertz CT molecular complexity index is 700. The van der Waals surface area contributed by atoms with Gasteiger partial charge in [0.25, 0.3) is 5.91 Å². The molecule has 1 N–H and O–H groups in total. The van der Waals surface area contributed by atoms with Crippen LogP contribution in [-0.4, -0.2) is 38.1 Å². The van der Waals surface area contributed by atoms with Crippen molar-refractivity contribution in [2.45, 2.75) is 24.4 Å². The Balaban J connectivity index is 1.77. The van der Waals surface area contributed by atoms with Gasteiger partial charge in [-0.15, -0.1) is 15.0 Å². The Hall–Kier alpha value is -1.92. The number of aromatic nitrogens is 4. The summed E-state index contributed by atoms with van der Waals surface area (Å²) in [7, 11) is 0. The molecule has 0 aromatic carbocycles. The number of nitrogens with one attached hydrogen (secondary N) is 1. The average Bonchev–Trinajstić information content (AvgIpc) is 2.97. The summed E-state index contributed by atoms with van der Waals surface area (Å²) >= 11 is 3.06. The molecule has 0 aliphatic heterocycles. The first-order chi connectivity index (χ1) is 10.7. The summed E-state index contributed by atoms with van der Waals surface area (Å²) in [6, 6.07) is 3.67. The minimum absolute atomic E-state index is 0.155. The van der Waals surface area contributed by atoms with Crippen LogP contribution in [0, 0.1) is 11.3 Å². The van der Waals surface area contributed by atoms with Gasteiger partial charge in [0.2, 0.25) is 0 Å². The summed E-state index contributed by atoms with van der Waals surface area (Å²) in [6.07, 6.45) is 3.44. The molecule has 0 bridgehead atoms. The number of carbonyl (C=O) groups excluding carboxylic acids is 1. The minimum atomic E-state index is -0.632. The van der Waals surface area contributed by atoms with Gasteiger partial charge >= 0.3 is 0 Å². The molecule has 2 heterocycles. The van der Waals surface area contributed by atoms with Crippen LogP contribution >= 0.6 is 23.1 Å². The summed E-state index contributed by atoms with van der Waals surface area (Å²) in [5.74, 6) is 0.929. The van der Waals surface area contributed by atoms with Crippen LogP contribution in [0.3, 0.4) is 0 Å². The molecule has 2 aromatic rings. The highest BCUT2D eigenvalue weighted by molar-refractivity contribution is 7.98. The van der Waals surface area contributed by atoms with E-state index in [4.69, 9.17) is 0 Å². The molecule has 1 amide bonds. The van der Waals surface area contributed by atoms with E-state index < -0.39 is 5.54 Å². The lowest BCUT2D eigenvalue weighted by molar-refractivity contribution is 0.0939. The standard InChI is InChI=1S/C13H14N6OS2/c1-21-7-10(15-12(20)9-2-5-22-6-9)11-16-18-19(17-11)13(8-14)3-4-13/h2,5-6,10H,3-4,7H2,1H3,(H,15,20)/t10-/m0/s1. The van der Waals surface area contributed by atoms with Gasteiger partial charge in [-0.3, -0.25) is 4.79 Å². The number of amides is 1. The molecule has 1 saturated carbocycles. The van der Waals surface area contributed by atoms with E-state index in [0.717, 1.165) is 12.8 Å². The van der Waals surface area contributed by atoms with Gasteiger partial charge in [0.05, 0.1) is 11.6 Å². The maximum Gasteiger partial charge on any atom is 0.252 e. The second kappa shape index (κ2) is 6.06. The summed E-state index contributed by atoms with van der Waals surface area (Å²) in [5, 5.41) is 28.1. The molecule has 9 heteroatoms. The Morgan fingerprint density at radius 1 is 1.68 bits per heavy atom. The summed E-state index contributed by atoms with van der Waals surface area (Å²) < 4.78 is 0. The first-order valence-electron chi connectivity index (χ1n) is 6.72. The van der Waals surface area contributed by atoms with Crippen molar-refractivity contribution in [3.63, 3.8) is 0 Å². The molecule has 0 spiro atoms. The van der Waals surface area contributed by atoms with Gasteiger partial charge in [-0.1, -0.05) is 0 Å². The fraction of sp³-hybridized carbons (Fsp3) is 0.462.